The van der Waals surface area contributed by atoms with Crippen LogP contribution in [0.15, 0.2) is 0 Å². The van der Waals surface area contributed by atoms with E-state index >= 15 is 0 Å². The summed E-state index contributed by atoms with van der Waals surface area (Å²) in [5.41, 5.74) is 0. The van der Waals surface area contributed by atoms with Gasteiger partial charge in [-0.05, 0) is 0 Å². The molecule has 0 unspecified atom stereocenters. The lowest BCUT2D eigenvalue weighted by Crippen LogP contribution is -1.91. The van der Waals surface area contributed by atoms with Crippen molar-refractivity contribution >= 4 is 15.4 Å². The van der Waals surface area contributed by atoms with Crippen LogP contribution in [0.1, 0.15) is 65.2 Å². The van der Waals surface area contributed by atoms with Crippen LogP contribution in [0.2, 0.25) is 0 Å². The molecule has 0 aliphatic carbocycles. The van der Waals surface area contributed by atoms with Crippen LogP contribution in [0, 0.1) is 0 Å². The third-order valence-electron chi connectivity index (χ3n) is 2.60. The van der Waals surface area contributed by atoms with Gasteiger partial charge >= 0.3 is 0 Å². The summed E-state index contributed by atoms with van der Waals surface area (Å²) in [6.45, 7) is 4.52. The molecule has 0 amide bonds. The molecule has 14 heavy (non-hydrogen) atoms. The van der Waals surface area contributed by atoms with E-state index in [2.05, 4.69) is 13.8 Å². The first-order chi connectivity index (χ1) is 6.81. The van der Waals surface area contributed by atoms with E-state index in [0.29, 0.717) is 0 Å². The fourth-order valence-electron chi connectivity index (χ4n) is 1.60. The molecule has 0 aromatic heterocycles. The van der Waals surface area contributed by atoms with Crippen molar-refractivity contribution in [2.75, 3.05) is 12.3 Å². The predicted octanol–water partition coefficient (Wildman–Crippen LogP) is 4.71. The molecule has 0 aliphatic heterocycles. The molecule has 0 aromatic rings. The molecule has 0 aromatic carbocycles. The molecule has 0 spiro atoms. The molecule has 3 radical (unpaired) electrons. The van der Waals surface area contributed by atoms with Gasteiger partial charge in [-0.15, -0.1) is 0 Å². The Hall–Kier alpha value is 0.495. The van der Waals surface area contributed by atoms with Crippen LogP contribution in [0.4, 0.5) is 0 Å². The number of hydrogen-bond acceptors (Lipinski definition) is 0. The first-order valence-electron chi connectivity index (χ1n) is 6.30. The monoisotopic (exact) mass is 212 g/mol. The van der Waals surface area contributed by atoms with Gasteiger partial charge in [0.1, 0.15) is 0 Å². The lowest BCUT2D eigenvalue weighted by Gasteiger charge is -2.26. The summed E-state index contributed by atoms with van der Waals surface area (Å²) in [6, 6.07) is 0. The maximum atomic E-state index is 6.10. The van der Waals surface area contributed by atoms with E-state index in [4.69, 9.17) is 7.57 Å². The second kappa shape index (κ2) is 11.6. The number of unbranched alkanes of at least 4 members (excludes halogenated alkanes) is 6. The van der Waals surface area contributed by atoms with Gasteiger partial charge in [0, 0.05) is 0 Å². The smallest absolute Gasteiger partial charge is 0.0527 e. The Kier molecular flexibility index (Phi) is 12.0. The molecular weight excluding hydrogens is 186 g/mol. The predicted molar refractivity (Wildman–Crippen MR) is 70.7 cm³/mol. The molecule has 0 heterocycles. The van der Waals surface area contributed by atoms with Gasteiger partial charge in [0.15, 0.2) is 0 Å². The maximum absolute atomic E-state index is 6.10. The Balaban J connectivity index is 3.07. The molecule has 0 aliphatic rings. The van der Waals surface area contributed by atoms with Gasteiger partial charge in [0.2, 0.25) is 0 Å². The molecule has 0 bridgehead atoms. The third-order valence-corrected chi connectivity index (χ3v) is 4.38. The zero-order valence-corrected chi connectivity index (χ0v) is 11.0. The van der Waals surface area contributed by atoms with E-state index in [1.807, 2.05) is 0 Å². The molecule has 0 N–H and O–H groups in total. The summed E-state index contributed by atoms with van der Waals surface area (Å²) in [5.74, 6) is 0. The molecule has 0 nitrogen and oxygen atoms in total. The van der Waals surface area contributed by atoms with Gasteiger partial charge in [-0.3, -0.25) is 0 Å². The summed E-state index contributed by atoms with van der Waals surface area (Å²) in [7, 11) is 5.99. The average molecular weight is 212 g/mol. The number of hydrogen-bond donors (Lipinski definition) is 0. The molecule has 0 fully saturated rings. The van der Waals surface area contributed by atoms with Gasteiger partial charge in [0.25, 0.3) is 0 Å². The van der Waals surface area contributed by atoms with E-state index in [9.17, 15) is 0 Å². The lowest BCUT2D eigenvalue weighted by atomic mass is 10.2. The van der Waals surface area contributed by atoms with Crippen molar-refractivity contribution in [1.82, 2.24) is 0 Å². The van der Waals surface area contributed by atoms with Gasteiger partial charge in [-0.25, -0.2) is 0 Å². The highest BCUT2D eigenvalue weighted by Crippen LogP contribution is 2.32. The van der Waals surface area contributed by atoms with Crippen molar-refractivity contribution in [2.45, 2.75) is 65.2 Å². The molecule has 0 saturated carbocycles. The zero-order chi connectivity index (χ0) is 10.6. The van der Waals surface area contributed by atoms with Gasteiger partial charge in [-0.2, -0.15) is 0 Å². The van der Waals surface area contributed by atoms with Crippen LogP contribution >= 0.6 is 7.80 Å². The van der Waals surface area contributed by atoms with Gasteiger partial charge < -0.3 is 15.4 Å². The van der Waals surface area contributed by atoms with E-state index < -0.39 is 0 Å². The molecular formula is C12H26BP-. The first kappa shape index (κ1) is 14.5. The SMILES string of the molecule is [B-]P(CCCCCC)CCCCCC. The van der Waals surface area contributed by atoms with Crippen LogP contribution in [0.5, 0.6) is 0 Å². The molecule has 0 rings (SSSR count). The van der Waals surface area contributed by atoms with Crippen LogP contribution in [-0.2, 0) is 0 Å². The topological polar surface area (TPSA) is 0 Å². The van der Waals surface area contributed by atoms with Gasteiger partial charge in [0.05, 0.1) is 0 Å². The Morgan fingerprint density at radius 1 is 0.714 bits per heavy atom. The fraction of sp³-hybridized carbons (Fsp3) is 1.00. The Morgan fingerprint density at radius 2 is 1.14 bits per heavy atom. The largest absolute Gasteiger partial charge is 0.579 e. The van der Waals surface area contributed by atoms with Crippen molar-refractivity contribution in [3.63, 3.8) is 0 Å². The molecule has 2 heteroatoms. The second-order valence-corrected chi connectivity index (χ2v) is 6.23. The minimum absolute atomic E-state index is 0.114. The highest BCUT2D eigenvalue weighted by Gasteiger charge is 1.91. The second-order valence-electron chi connectivity index (χ2n) is 4.16. The van der Waals surface area contributed by atoms with Crippen LogP contribution < -0.4 is 0 Å². The summed E-state index contributed by atoms with van der Waals surface area (Å²) in [5, 5.41) is 0. The van der Waals surface area contributed by atoms with Crippen LogP contribution in [0.25, 0.3) is 0 Å². The third kappa shape index (κ3) is 10.6. The van der Waals surface area contributed by atoms with Gasteiger partial charge in [-0.1, -0.05) is 77.5 Å². The van der Waals surface area contributed by atoms with Crippen molar-refractivity contribution in [1.29, 1.82) is 0 Å². The summed E-state index contributed by atoms with van der Waals surface area (Å²) in [4.78, 5) is 0. The van der Waals surface area contributed by atoms with Crippen LogP contribution in [-0.4, -0.2) is 19.9 Å². The summed E-state index contributed by atoms with van der Waals surface area (Å²) in [6.07, 6.45) is 13.6. The van der Waals surface area contributed by atoms with Crippen LogP contribution in [0.3, 0.4) is 0 Å². The first-order valence-corrected chi connectivity index (χ1v) is 8.09. The highest BCUT2D eigenvalue weighted by molar-refractivity contribution is 7.82. The summed E-state index contributed by atoms with van der Waals surface area (Å²) < 4.78 is 0. The Bertz CT molecular complexity index is 94.5. The average Bonchev–Trinajstić information content (AvgIpc) is 2.19. The van der Waals surface area contributed by atoms with Crippen molar-refractivity contribution in [3.05, 3.63) is 0 Å². The Labute approximate surface area is 93.4 Å². The number of rotatable bonds is 10. The minimum Gasteiger partial charge on any atom is -0.579 e. The lowest BCUT2D eigenvalue weighted by molar-refractivity contribution is 0.697. The molecule has 0 atom stereocenters. The standard InChI is InChI=1S/C12H26BP/c1-3-5-7-9-11-14(13)12-10-8-6-4-2/h3-12H2,1-2H3/q-1. The summed E-state index contributed by atoms with van der Waals surface area (Å²) >= 11 is 0. The van der Waals surface area contributed by atoms with E-state index in [1.165, 1.54) is 63.7 Å². The Morgan fingerprint density at radius 3 is 1.50 bits per heavy atom. The minimum atomic E-state index is -0.114. The fourth-order valence-corrected chi connectivity index (χ4v) is 3.08. The van der Waals surface area contributed by atoms with E-state index in [-0.39, 0.29) is 7.80 Å². The molecule has 0 saturated heterocycles. The van der Waals surface area contributed by atoms with Crippen molar-refractivity contribution in [2.24, 2.45) is 0 Å². The normalized spacial score (nSPS) is 11.1. The maximum Gasteiger partial charge on any atom is -0.0527 e. The van der Waals surface area contributed by atoms with Crippen molar-refractivity contribution in [3.8, 4) is 0 Å². The quantitative estimate of drug-likeness (QED) is 0.279. The van der Waals surface area contributed by atoms with Crippen molar-refractivity contribution < 1.29 is 0 Å². The zero-order valence-electron chi connectivity index (χ0n) is 10.1. The van der Waals surface area contributed by atoms with E-state index in [0.717, 1.165) is 0 Å². The highest BCUT2D eigenvalue weighted by atomic mass is 31.1. The molecule has 83 valence electrons. The van der Waals surface area contributed by atoms with E-state index in [1.54, 1.807) is 0 Å².